The van der Waals surface area contributed by atoms with Crippen LogP contribution in [0.5, 0.6) is 0 Å². The smallest absolute Gasteiger partial charge is 0.126 e. The monoisotopic (exact) mass is 247 g/mol. The molecule has 0 fully saturated rings. The second-order valence-electron chi connectivity index (χ2n) is 4.53. The first-order valence-corrected chi connectivity index (χ1v) is 6.08. The van der Waals surface area contributed by atoms with Crippen LogP contribution in [0.4, 0.5) is 4.39 Å². The summed E-state index contributed by atoms with van der Waals surface area (Å²) >= 11 is 0. The van der Waals surface area contributed by atoms with Gasteiger partial charge in [0, 0.05) is 19.8 Å². The van der Waals surface area contributed by atoms with Crippen LogP contribution in [0.2, 0.25) is 0 Å². The summed E-state index contributed by atoms with van der Waals surface area (Å²) in [6, 6.07) is 5.36. The molecule has 0 bridgehead atoms. The first-order valence-electron chi connectivity index (χ1n) is 6.08. The lowest BCUT2D eigenvalue weighted by Crippen LogP contribution is -2.16. The Labute approximate surface area is 107 Å². The third-order valence-electron chi connectivity index (χ3n) is 2.91. The molecule has 0 atom stereocenters. The van der Waals surface area contributed by atoms with Crippen molar-refractivity contribution in [3.63, 3.8) is 0 Å². The van der Waals surface area contributed by atoms with E-state index in [4.69, 9.17) is 0 Å². The molecule has 1 aromatic heterocycles. The SMILES string of the molecule is Cc1ccc(CNCCc2cnn(C)c2)cc1F. The molecule has 0 aliphatic carbocycles. The van der Waals surface area contributed by atoms with Gasteiger partial charge >= 0.3 is 0 Å². The molecule has 0 aliphatic heterocycles. The Morgan fingerprint density at radius 3 is 2.83 bits per heavy atom. The van der Waals surface area contributed by atoms with Gasteiger partial charge in [-0.2, -0.15) is 5.10 Å². The maximum absolute atomic E-state index is 13.3. The van der Waals surface area contributed by atoms with Gasteiger partial charge in [0.2, 0.25) is 0 Å². The number of rotatable bonds is 5. The Kier molecular flexibility index (Phi) is 4.10. The minimum atomic E-state index is -0.137. The highest BCUT2D eigenvalue weighted by atomic mass is 19.1. The highest BCUT2D eigenvalue weighted by Crippen LogP contribution is 2.08. The molecule has 3 nitrogen and oxygen atoms in total. The largest absolute Gasteiger partial charge is 0.312 e. The van der Waals surface area contributed by atoms with Crippen molar-refractivity contribution in [2.45, 2.75) is 19.9 Å². The molecule has 0 unspecified atom stereocenters. The van der Waals surface area contributed by atoms with Crippen LogP contribution in [0.25, 0.3) is 0 Å². The highest BCUT2D eigenvalue weighted by Gasteiger charge is 2.00. The fraction of sp³-hybridized carbons (Fsp3) is 0.357. The normalized spacial score (nSPS) is 10.8. The molecule has 96 valence electrons. The van der Waals surface area contributed by atoms with E-state index in [2.05, 4.69) is 10.4 Å². The number of hydrogen-bond acceptors (Lipinski definition) is 2. The molecule has 2 rings (SSSR count). The first-order chi connectivity index (χ1) is 8.65. The highest BCUT2D eigenvalue weighted by molar-refractivity contribution is 5.23. The molecule has 1 N–H and O–H groups in total. The van der Waals surface area contributed by atoms with Gasteiger partial charge in [-0.05, 0) is 42.6 Å². The first kappa shape index (κ1) is 12.8. The summed E-state index contributed by atoms with van der Waals surface area (Å²) in [6.45, 7) is 3.33. The molecule has 0 saturated heterocycles. The van der Waals surface area contributed by atoms with Crippen molar-refractivity contribution < 1.29 is 4.39 Å². The zero-order valence-electron chi connectivity index (χ0n) is 10.8. The molecule has 2 aromatic rings. The van der Waals surface area contributed by atoms with E-state index in [1.807, 2.05) is 31.6 Å². The van der Waals surface area contributed by atoms with Crippen LogP contribution in [0, 0.1) is 12.7 Å². The van der Waals surface area contributed by atoms with Gasteiger partial charge in [0.1, 0.15) is 5.82 Å². The summed E-state index contributed by atoms with van der Waals surface area (Å²) in [5.74, 6) is -0.137. The molecule has 0 aliphatic rings. The summed E-state index contributed by atoms with van der Waals surface area (Å²) < 4.78 is 15.1. The van der Waals surface area contributed by atoms with Gasteiger partial charge in [0.05, 0.1) is 6.20 Å². The van der Waals surface area contributed by atoms with Gasteiger partial charge in [-0.3, -0.25) is 4.68 Å². The Bertz CT molecular complexity index is 520. The summed E-state index contributed by atoms with van der Waals surface area (Å²) in [6.07, 6.45) is 4.81. The molecule has 0 amide bonds. The second-order valence-corrected chi connectivity index (χ2v) is 4.53. The molecular formula is C14H18FN3. The van der Waals surface area contributed by atoms with Crippen molar-refractivity contribution in [2.24, 2.45) is 7.05 Å². The third kappa shape index (κ3) is 3.40. The fourth-order valence-electron chi connectivity index (χ4n) is 1.81. The number of benzene rings is 1. The predicted octanol–water partition coefficient (Wildman–Crippen LogP) is 2.20. The fourth-order valence-corrected chi connectivity index (χ4v) is 1.81. The van der Waals surface area contributed by atoms with E-state index in [-0.39, 0.29) is 5.82 Å². The van der Waals surface area contributed by atoms with Crippen LogP contribution in [0.1, 0.15) is 16.7 Å². The van der Waals surface area contributed by atoms with Gasteiger partial charge in [0.25, 0.3) is 0 Å². The van der Waals surface area contributed by atoms with Crippen molar-refractivity contribution >= 4 is 0 Å². The second kappa shape index (κ2) is 5.78. The molecule has 0 radical (unpaired) electrons. The van der Waals surface area contributed by atoms with Crippen LogP contribution in [-0.4, -0.2) is 16.3 Å². The van der Waals surface area contributed by atoms with Crippen LogP contribution < -0.4 is 5.32 Å². The molecule has 1 heterocycles. The number of hydrogen-bond donors (Lipinski definition) is 1. The molecular weight excluding hydrogens is 229 g/mol. The quantitative estimate of drug-likeness (QED) is 0.821. The maximum Gasteiger partial charge on any atom is 0.126 e. The topological polar surface area (TPSA) is 29.9 Å². The van der Waals surface area contributed by atoms with Gasteiger partial charge in [-0.15, -0.1) is 0 Å². The third-order valence-corrected chi connectivity index (χ3v) is 2.91. The molecule has 1 aromatic carbocycles. The van der Waals surface area contributed by atoms with E-state index >= 15 is 0 Å². The minimum Gasteiger partial charge on any atom is -0.312 e. The number of nitrogens with zero attached hydrogens (tertiary/aromatic N) is 2. The lowest BCUT2D eigenvalue weighted by Gasteiger charge is -2.05. The molecule has 0 saturated carbocycles. The van der Waals surface area contributed by atoms with Gasteiger partial charge in [0.15, 0.2) is 0 Å². The Hall–Kier alpha value is -1.68. The van der Waals surface area contributed by atoms with Gasteiger partial charge in [-0.25, -0.2) is 4.39 Å². The van der Waals surface area contributed by atoms with Crippen molar-refractivity contribution in [3.05, 3.63) is 53.1 Å². The van der Waals surface area contributed by atoms with Gasteiger partial charge < -0.3 is 5.32 Å². The van der Waals surface area contributed by atoms with Crippen molar-refractivity contribution in [2.75, 3.05) is 6.54 Å². The molecule has 4 heteroatoms. The van der Waals surface area contributed by atoms with Crippen LogP contribution in [-0.2, 0) is 20.0 Å². The average Bonchev–Trinajstić information content (AvgIpc) is 2.75. The summed E-state index contributed by atoms with van der Waals surface area (Å²) in [7, 11) is 1.91. The van der Waals surface area contributed by atoms with E-state index in [0.717, 1.165) is 18.5 Å². The van der Waals surface area contributed by atoms with E-state index in [1.165, 1.54) is 5.56 Å². The molecule has 0 spiro atoms. The van der Waals surface area contributed by atoms with Crippen LogP contribution >= 0.6 is 0 Å². The summed E-state index contributed by atoms with van der Waals surface area (Å²) in [5.41, 5.74) is 2.87. The lowest BCUT2D eigenvalue weighted by molar-refractivity contribution is 0.611. The molecule has 18 heavy (non-hydrogen) atoms. The average molecular weight is 247 g/mol. The van der Waals surface area contributed by atoms with Crippen molar-refractivity contribution in [3.8, 4) is 0 Å². The van der Waals surface area contributed by atoms with Crippen LogP contribution in [0.3, 0.4) is 0 Å². The minimum absolute atomic E-state index is 0.137. The Morgan fingerprint density at radius 2 is 2.17 bits per heavy atom. The summed E-state index contributed by atoms with van der Waals surface area (Å²) in [4.78, 5) is 0. The summed E-state index contributed by atoms with van der Waals surface area (Å²) in [5, 5.41) is 7.42. The number of nitrogens with one attached hydrogen (secondary N) is 1. The number of aryl methyl sites for hydroxylation is 2. The predicted molar refractivity (Wildman–Crippen MR) is 69.8 cm³/mol. The number of aromatic nitrogens is 2. The van der Waals surface area contributed by atoms with E-state index in [1.54, 1.807) is 17.7 Å². The Balaban J connectivity index is 1.76. The maximum atomic E-state index is 13.3. The lowest BCUT2D eigenvalue weighted by atomic mass is 10.1. The van der Waals surface area contributed by atoms with Crippen molar-refractivity contribution in [1.82, 2.24) is 15.1 Å². The standard InChI is InChI=1S/C14H18FN3/c1-11-3-4-12(7-14(11)15)8-16-6-5-13-9-17-18(2)10-13/h3-4,7,9-10,16H,5-6,8H2,1-2H3. The van der Waals surface area contributed by atoms with Crippen LogP contribution in [0.15, 0.2) is 30.6 Å². The zero-order chi connectivity index (χ0) is 13.0. The van der Waals surface area contributed by atoms with E-state index < -0.39 is 0 Å². The number of halogens is 1. The zero-order valence-corrected chi connectivity index (χ0v) is 10.8. The van der Waals surface area contributed by atoms with E-state index in [0.29, 0.717) is 12.1 Å². The van der Waals surface area contributed by atoms with Gasteiger partial charge in [-0.1, -0.05) is 12.1 Å². The van der Waals surface area contributed by atoms with Crippen molar-refractivity contribution in [1.29, 1.82) is 0 Å². The Morgan fingerprint density at radius 1 is 1.33 bits per heavy atom. The van der Waals surface area contributed by atoms with E-state index in [9.17, 15) is 4.39 Å².